The molecule has 0 fully saturated rings. The molecule has 0 spiro atoms. The number of rotatable bonds is 4. The van der Waals surface area contributed by atoms with Gasteiger partial charge in [0.15, 0.2) is 5.75 Å². The van der Waals surface area contributed by atoms with Gasteiger partial charge in [-0.15, -0.1) is 0 Å². The maximum absolute atomic E-state index is 12.7. The maximum atomic E-state index is 12.7. The van der Waals surface area contributed by atoms with E-state index in [-0.39, 0.29) is 5.92 Å². The molecule has 3 aromatic rings. The lowest BCUT2D eigenvalue weighted by molar-refractivity contribution is 0.160. The number of likely N-dealkylation sites (N-methyl/N-ethyl adjacent to an activating group) is 1. The van der Waals surface area contributed by atoms with Crippen molar-refractivity contribution in [1.29, 1.82) is 0 Å². The SMILES string of the molecule is CN1CCc2cc(Cl)c(OC(=O)N(C)Cc3ccccc3)cc2[C@H](c2ccccc2)C1. The monoisotopic (exact) mass is 434 g/mol. The van der Waals surface area contributed by atoms with Gasteiger partial charge in [-0.2, -0.15) is 0 Å². The Balaban J connectivity index is 1.60. The highest BCUT2D eigenvalue weighted by Crippen LogP contribution is 2.37. The predicted molar refractivity (Wildman–Crippen MR) is 125 cm³/mol. The zero-order valence-corrected chi connectivity index (χ0v) is 18.7. The lowest BCUT2D eigenvalue weighted by Crippen LogP contribution is -2.29. The number of ether oxygens (including phenoxy) is 1. The van der Waals surface area contributed by atoms with Crippen molar-refractivity contribution in [3.63, 3.8) is 0 Å². The van der Waals surface area contributed by atoms with Gasteiger partial charge in [0.2, 0.25) is 0 Å². The predicted octanol–water partition coefficient (Wildman–Crippen LogP) is 5.59. The van der Waals surface area contributed by atoms with Crippen molar-refractivity contribution >= 4 is 17.7 Å². The Hall–Kier alpha value is -2.82. The minimum Gasteiger partial charge on any atom is -0.409 e. The molecule has 0 saturated heterocycles. The molecule has 0 saturated carbocycles. The molecule has 0 aliphatic carbocycles. The van der Waals surface area contributed by atoms with E-state index >= 15 is 0 Å². The van der Waals surface area contributed by atoms with E-state index < -0.39 is 6.09 Å². The topological polar surface area (TPSA) is 32.8 Å². The fraction of sp³-hybridized carbons (Fsp3) is 0.269. The molecule has 1 amide bonds. The lowest BCUT2D eigenvalue weighted by atomic mass is 9.88. The van der Waals surface area contributed by atoms with Crippen molar-refractivity contribution in [3.05, 3.63) is 100 Å². The minimum atomic E-state index is -0.423. The normalized spacial score (nSPS) is 16.3. The first-order valence-corrected chi connectivity index (χ1v) is 10.9. The van der Waals surface area contributed by atoms with E-state index in [4.69, 9.17) is 16.3 Å². The number of halogens is 1. The fourth-order valence-electron chi connectivity index (χ4n) is 4.11. The quantitative estimate of drug-likeness (QED) is 0.536. The van der Waals surface area contributed by atoms with Gasteiger partial charge in [-0.3, -0.25) is 0 Å². The van der Waals surface area contributed by atoms with Crippen LogP contribution in [-0.2, 0) is 13.0 Å². The number of carbonyl (C=O) groups excluding carboxylic acids is 1. The second kappa shape index (κ2) is 9.54. The van der Waals surface area contributed by atoms with E-state index in [1.54, 1.807) is 11.9 Å². The van der Waals surface area contributed by atoms with E-state index in [2.05, 4.69) is 36.2 Å². The third kappa shape index (κ3) is 5.09. The number of nitrogens with zero attached hydrogens (tertiary/aromatic N) is 2. The van der Waals surface area contributed by atoms with Gasteiger partial charge in [-0.05, 0) is 47.9 Å². The van der Waals surface area contributed by atoms with Gasteiger partial charge >= 0.3 is 6.09 Å². The molecule has 0 radical (unpaired) electrons. The molecule has 4 rings (SSSR count). The van der Waals surface area contributed by atoms with Crippen LogP contribution in [0.5, 0.6) is 5.75 Å². The summed E-state index contributed by atoms with van der Waals surface area (Å²) >= 11 is 6.54. The van der Waals surface area contributed by atoms with Gasteiger partial charge in [0.05, 0.1) is 5.02 Å². The Morgan fingerprint density at radius 3 is 2.48 bits per heavy atom. The van der Waals surface area contributed by atoms with Crippen molar-refractivity contribution in [2.75, 3.05) is 27.2 Å². The first-order valence-electron chi connectivity index (χ1n) is 10.5. The first-order chi connectivity index (χ1) is 15.0. The Morgan fingerprint density at radius 1 is 1.10 bits per heavy atom. The molecule has 1 atom stereocenters. The summed E-state index contributed by atoms with van der Waals surface area (Å²) in [5.41, 5.74) is 4.68. The molecule has 160 valence electrons. The van der Waals surface area contributed by atoms with Crippen LogP contribution in [0, 0.1) is 0 Å². The molecular formula is C26H27ClN2O2. The van der Waals surface area contributed by atoms with Crippen molar-refractivity contribution in [2.24, 2.45) is 0 Å². The summed E-state index contributed by atoms with van der Waals surface area (Å²) in [5, 5.41) is 0.469. The summed E-state index contributed by atoms with van der Waals surface area (Å²) in [7, 11) is 3.87. The molecular weight excluding hydrogens is 408 g/mol. The number of fused-ring (bicyclic) bond motifs is 1. The third-order valence-corrected chi connectivity index (χ3v) is 6.10. The van der Waals surface area contributed by atoms with Crippen LogP contribution in [0.2, 0.25) is 5.02 Å². The zero-order valence-electron chi connectivity index (χ0n) is 17.9. The Morgan fingerprint density at radius 2 is 1.77 bits per heavy atom. The minimum absolute atomic E-state index is 0.195. The highest BCUT2D eigenvalue weighted by Gasteiger charge is 2.25. The number of hydrogen-bond acceptors (Lipinski definition) is 3. The van der Waals surface area contributed by atoms with Gasteiger partial charge in [0, 0.05) is 32.6 Å². The smallest absolute Gasteiger partial charge is 0.409 e. The van der Waals surface area contributed by atoms with Gasteiger partial charge in [-0.1, -0.05) is 72.3 Å². The van der Waals surface area contributed by atoms with Gasteiger partial charge in [0.1, 0.15) is 0 Å². The van der Waals surface area contributed by atoms with Crippen molar-refractivity contribution in [1.82, 2.24) is 9.80 Å². The molecule has 0 aromatic heterocycles. The van der Waals surface area contributed by atoms with E-state index in [1.165, 1.54) is 16.7 Å². The second-order valence-corrected chi connectivity index (χ2v) is 8.57. The average molecular weight is 435 g/mol. The Kier molecular flexibility index (Phi) is 6.59. The molecule has 0 bridgehead atoms. The van der Waals surface area contributed by atoms with Crippen molar-refractivity contribution in [3.8, 4) is 5.75 Å². The van der Waals surface area contributed by atoms with Crippen LogP contribution in [-0.4, -0.2) is 43.1 Å². The van der Waals surface area contributed by atoms with Crippen LogP contribution in [0.1, 0.15) is 28.2 Å². The van der Waals surface area contributed by atoms with Gasteiger partial charge < -0.3 is 14.5 Å². The van der Waals surface area contributed by atoms with Crippen LogP contribution in [0.15, 0.2) is 72.8 Å². The number of amides is 1. The maximum Gasteiger partial charge on any atom is 0.415 e. The Bertz CT molecular complexity index is 1040. The first kappa shape index (κ1) is 21.4. The van der Waals surface area contributed by atoms with E-state index in [1.807, 2.05) is 48.5 Å². The third-order valence-electron chi connectivity index (χ3n) is 5.80. The average Bonchev–Trinajstić information content (AvgIpc) is 2.94. The lowest BCUT2D eigenvalue weighted by Gasteiger charge is -2.23. The molecule has 3 aromatic carbocycles. The Labute approximate surface area is 189 Å². The number of benzene rings is 3. The summed E-state index contributed by atoms with van der Waals surface area (Å²) in [6, 6.07) is 24.2. The highest BCUT2D eigenvalue weighted by atomic mass is 35.5. The van der Waals surface area contributed by atoms with Crippen molar-refractivity contribution in [2.45, 2.75) is 18.9 Å². The molecule has 31 heavy (non-hydrogen) atoms. The van der Waals surface area contributed by atoms with Crippen LogP contribution < -0.4 is 4.74 Å². The molecule has 0 N–H and O–H groups in total. The van der Waals surface area contributed by atoms with Gasteiger partial charge in [-0.25, -0.2) is 4.79 Å². The molecule has 1 aliphatic rings. The molecule has 1 aliphatic heterocycles. The van der Waals surface area contributed by atoms with E-state index in [0.29, 0.717) is 17.3 Å². The van der Waals surface area contributed by atoms with E-state index in [0.717, 1.165) is 25.1 Å². The van der Waals surface area contributed by atoms with E-state index in [9.17, 15) is 4.79 Å². The standard InChI is InChI=1S/C26H27ClN2O2/c1-28-14-13-21-15-24(27)25(16-22(21)23(18-28)20-11-7-4-8-12-20)31-26(30)29(2)17-19-9-5-3-6-10-19/h3-12,15-16,23H,13-14,17-18H2,1-2H3/t23-/m0/s1. The van der Waals surface area contributed by atoms with Crippen LogP contribution in [0.4, 0.5) is 4.79 Å². The second-order valence-electron chi connectivity index (χ2n) is 8.17. The molecule has 1 heterocycles. The molecule has 0 unspecified atom stereocenters. The largest absolute Gasteiger partial charge is 0.415 e. The van der Waals surface area contributed by atoms with Crippen LogP contribution >= 0.6 is 11.6 Å². The number of carbonyl (C=O) groups is 1. The van der Waals surface area contributed by atoms with Crippen LogP contribution in [0.25, 0.3) is 0 Å². The summed E-state index contributed by atoms with van der Waals surface area (Å²) in [5.74, 6) is 0.608. The molecule has 5 heteroatoms. The summed E-state index contributed by atoms with van der Waals surface area (Å²) in [6.07, 6.45) is 0.490. The summed E-state index contributed by atoms with van der Waals surface area (Å²) in [4.78, 5) is 16.6. The molecule has 4 nitrogen and oxygen atoms in total. The number of hydrogen-bond donors (Lipinski definition) is 0. The van der Waals surface area contributed by atoms with Crippen LogP contribution in [0.3, 0.4) is 0 Å². The van der Waals surface area contributed by atoms with Gasteiger partial charge in [0.25, 0.3) is 0 Å². The zero-order chi connectivity index (χ0) is 21.8. The fourth-order valence-corrected chi connectivity index (χ4v) is 4.33. The summed E-state index contributed by atoms with van der Waals surface area (Å²) < 4.78 is 5.74. The summed E-state index contributed by atoms with van der Waals surface area (Å²) in [6.45, 7) is 2.34. The van der Waals surface area contributed by atoms with Crippen molar-refractivity contribution < 1.29 is 9.53 Å². The highest BCUT2D eigenvalue weighted by molar-refractivity contribution is 6.32.